The first-order valence-electron chi connectivity index (χ1n) is 9.33. The van der Waals surface area contributed by atoms with E-state index < -0.39 is 0 Å². The van der Waals surface area contributed by atoms with Crippen LogP contribution in [0.3, 0.4) is 0 Å². The number of carbonyl (C=O) groups is 1. The van der Waals surface area contributed by atoms with Gasteiger partial charge in [-0.2, -0.15) is 5.10 Å². The summed E-state index contributed by atoms with van der Waals surface area (Å²) >= 11 is 1.73. The van der Waals surface area contributed by atoms with E-state index in [-0.39, 0.29) is 6.61 Å². The quantitative estimate of drug-likeness (QED) is 0.558. The Kier molecular flexibility index (Phi) is 6.74. The van der Waals surface area contributed by atoms with Gasteiger partial charge in [0.1, 0.15) is 0 Å². The lowest BCUT2D eigenvalue weighted by molar-refractivity contribution is -0.107. The Morgan fingerprint density at radius 2 is 2.00 bits per heavy atom. The highest BCUT2D eigenvalue weighted by atomic mass is 32.2. The second-order valence-electron chi connectivity index (χ2n) is 6.73. The second kappa shape index (κ2) is 9.24. The number of benzene rings is 1. The maximum absolute atomic E-state index is 11.5. The zero-order valence-electron chi connectivity index (χ0n) is 15.3. The first-order chi connectivity index (χ1) is 12.8. The van der Waals surface area contributed by atoms with E-state index in [1.165, 1.54) is 24.2 Å². The number of carbonyl (C=O) groups excluding carboxylic acids is 1. The van der Waals surface area contributed by atoms with Crippen molar-refractivity contribution in [2.24, 2.45) is 0 Å². The molecule has 0 aliphatic heterocycles. The van der Waals surface area contributed by atoms with Gasteiger partial charge < -0.3 is 5.11 Å². The maximum atomic E-state index is 11.5. The summed E-state index contributed by atoms with van der Waals surface area (Å²) in [6, 6.07) is 10.9. The van der Waals surface area contributed by atoms with Crippen LogP contribution in [0.15, 0.2) is 35.2 Å². The second-order valence-corrected chi connectivity index (χ2v) is 7.61. The summed E-state index contributed by atoms with van der Waals surface area (Å²) in [4.78, 5) is 14.3. The molecule has 1 saturated carbocycles. The van der Waals surface area contributed by atoms with Crippen molar-refractivity contribution >= 4 is 24.0 Å². The van der Waals surface area contributed by atoms with Gasteiger partial charge in [-0.1, -0.05) is 31.4 Å². The highest BCUT2D eigenvalue weighted by molar-refractivity contribution is 7.98. The SMILES string of the molecule is CSc1ccc(-c2cc(N(C=O)CCCO)nn2C2CCCCC2)cc1. The molecule has 0 bridgehead atoms. The summed E-state index contributed by atoms with van der Waals surface area (Å²) in [6.07, 6.45) is 9.45. The molecule has 1 heterocycles. The number of hydrogen-bond acceptors (Lipinski definition) is 4. The highest BCUT2D eigenvalue weighted by Crippen LogP contribution is 2.34. The molecule has 140 valence electrons. The van der Waals surface area contributed by atoms with Crippen molar-refractivity contribution in [3.05, 3.63) is 30.3 Å². The lowest BCUT2D eigenvalue weighted by Crippen LogP contribution is -2.24. The van der Waals surface area contributed by atoms with Crippen molar-refractivity contribution in [1.29, 1.82) is 0 Å². The molecule has 3 rings (SSSR count). The van der Waals surface area contributed by atoms with Gasteiger partial charge in [0, 0.05) is 24.1 Å². The van der Waals surface area contributed by atoms with Crippen LogP contribution >= 0.6 is 11.8 Å². The van der Waals surface area contributed by atoms with Crippen LogP contribution in [0.1, 0.15) is 44.6 Å². The van der Waals surface area contributed by atoms with Gasteiger partial charge in [-0.3, -0.25) is 14.4 Å². The lowest BCUT2D eigenvalue weighted by atomic mass is 9.95. The average Bonchev–Trinajstić information content (AvgIpc) is 3.14. The zero-order valence-corrected chi connectivity index (χ0v) is 16.1. The van der Waals surface area contributed by atoms with Crippen molar-refractivity contribution < 1.29 is 9.90 Å². The minimum atomic E-state index is 0.0661. The van der Waals surface area contributed by atoms with E-state index in [0.29, 0.717) is 24.8 Å². The van der Waals surface area contributed by atoms with Gasteiger partial charge in [0.05, 0.1) is 11.7 Å². The Balaban J connectivity index is 1.97. The fourth-order valence-corrected chi connectivity index (χ4v) is 3.97. The summed E-state index contributed by atoms with van der Waals surface area (Å²) in [5, 5.41) is 13.9. The maximum Gasteiger partial charge on any atom is 0.215 e. The van der Waals surface area contributed by atoms with E-state index in [1.807, 2.05) is 6.07 Å². The van der Waals surface area contributed by atoms with E-state index in [2.05, 4.69) is 35.2 Å². The van der Waals surface area contributed by atoms with Crippen LogP contribution in [-0.4, -0.2) is 40.7 Å². The molecule has 1 aromatic carbocycles. The number of aliphatic hydroxyl groups is 1. The van der Waals surface area contributed by atoms with E-state index in [0.717, 1.165) is 30.5 Å². The molecular formula is C20H27N3O2S. The Labute approximate surface area is 159 Å². The highest BCUT2D eigenvalue weighted by Gasteiger charge is 2.22. The van der Waals surface area contributed by atoms with E-state index in [1.54, 1.807) is 16.7 Å². The number of amides is 1. The molecule has 1 aliphatic rings. The van der Waals surface area contributed by atoms with Gasteiger partial charge in [-0.25, -0.2) is 0 Å². The van der Waals surface area contributed by atoms with Gasteiger partial charge in [0.2, 0.25) is 6.41 Å². The predicted octanol–water partition coefficient (Wildman–Crippen LogP) is 4.12. The van der Waals surface area contributed by atoms with Crippen molar-refractivity contribution in [3.63, 3.8) is 0 Å². The molecule has 5 nitrogen and oxygen atoms in total. The van der Waals surface area contributed by atoms with E-state index >= 15 is 0 Å². The molecule has 26 heavy (non-hydrogen) atoms. The molecule has 1 aliphatic carbocycles. The third-order valence-corrected chi connectivity index (χ3v) is 5.75. The molecule has 0 saturated heterocycles. The Morgan fingerprint density at radius 3 is 2.62 bits per heavy atom. The summed E-state index contributed by atoms with van der Waals surface area (Å²) in [6.45, 7) is 0.545. The molecule has 6 heteroatoms. The third kappa shape index (κ3) is 4.30. The van der Waals surface area contributed by atoms with Crippen LogP contribution in [-0.2, 0) is 4.79 Å². The predicted molar refractivity (Wildman–Crippen MR) is 107 cm³/mol. The van der Waals surface area contributed by atoms with Gasteiger partial charge in [-0.05, 0) is 43.2 Å². The number of rotatable bonds is 8. The monoisotopic (exact) mass is 373 g/mol. The van der Waals surface area contributed by atoms with Crippen molar-refractivity contribution in [1.82, 2.24) is 9.78 Å². The summed E-state index contributed by atoms with van der Waals surface area (Å²) in [5.74, 6) is 0.669. The number of thioether (sulfide) groups is 1. The molecule has 0 unspecified atom stereocenters. The average molecular weight is 374 g/mol. The minimum absolute atomic E-state index is 0.0661. The fourth-order valence-electron chi connectivity index (χ4n) is 3.57. The summed E-state index contributed by atoms with van der Waals surface area (Å²) in [7, 11) is 0. The van der Waals surface area contributed by atoms with Crippen molar-refractivity contribution in [2.45, 2.75) is 49.5 Å². The molecule has 1 N–H and O–H groups in total. The molecule has 1 fully saturated rings. The van der Waals surface area contributed by atoms with Crippen LogP contribution in [0.25, 0.3) is 11.3 Å². The zero-order chi connectivity index (χ0) is 18.4. The normalized spacial score (nSPS) is 15.2. The van der Waals surface area contributed by atoms with Gasteiger partial charge >= 0.3 is 0 Å². The van der Waals surface area contributed by atoms with Crippen LogP contribution in [0.2, 0.25) is 0 Å². The topological polar surface area (TPSA) is 58.4 Å². The number of hydrogen-bond donors (Lipinski definition) is 1. The summed E-state index contributed by atoms with van der Waals surface area (Å²) < 4.78 is 2.12. The lowest BCUT2D eigenvalue weighted by Gasteiger charge is -2.24. The van der Waals surface area contributed by atoms with Crippen molar-refractivity contribution in [3.8, 4) is 11.3 Å². The van der Waals surface area contributed by atoms with Gasteiger partial charge in [-0.15, -0.1) is 11.8 Å². The largest absolute Gasteiger partial charge is 0.396 e. The van der Waals surface area contributed by atoms with E-state index in [4.69, 9.17) is 10.2 Å². The first kappa shape index (κ1) is 19.0. The Hall–Kier alpha value is -1.79. The number of nitrogens with zero attached hydrogens (tertiary/aromatic N) is 3. The number of aliphatic hydroxyl groups excluding tert-OH is 1. The van der Waals surface area contributed by atoms with Crippen LogP contribution in [0.5, 0.6) is 0 Å². The molecule has 0 spiro atoms. The molecule has 2 aromatic rings. The van der Waals surface area contributed by atoms with Crippen molar-refractivity contribution in [2.75, 3.05) is 24.3 Å². The van der Waals surface area contributed by atoms with E-state index in [9.17, 15) is 4.79 Å². The van der Waals surface area contributed by atoms with Crippen LogP contribution in [0.4, 0.5) is 5.82 Å². The molecule has 0 radical (unpaired) electrons. The third-order valence-electron chi connectivity index (χ3n) is 5.01. The van der Waals surface area contributed by atoms with Gasteiger partial charge in [0.25, 0.3) is 0 Å². The molecule has 1 aromatic heterocycles. The van der Waals surface area contributed by atoms with Gasteiger partial charge in [0.15, 0.2) is 5.82 Å². The van der Waals surface area contributed by atoms with Crippen LogP contribution < -0.4 is 4.90 Å². The fraction of sp³-hybridized carbons (Fsp3) is 0.500. The minimum Gasteiger partial charge on any atom is -0.396 e. The summed E-state index contributed by atoms with van der Waals surface area (Å²) in [5.41, 5.74) is 2.19. The Bertz CT molecular complexity index is 708. The molecular weight excluding hydrogens is 346 g/mol. The molecule has 0 atom stereocenters. The molecule has 1 amide bonds. The number of anilines is 1. The number of aromatic nitrogens is 2. The first-order valence-corrected chi connectivity index (χ1v) is 10.6. The van der Waals surface area contributed by atoms with Crippen LogP contribution in [0, 0.1) is 0 Å². The Morgan fingerprint density at radius 1 is 1.27 bits per heavy atom. The smallest absolute Gasteiger partial charge is 0.215 e. The standard InChI is InChI=1S/C20H27N3O2S/c1-26-18-10-8-16(9-11-18)19-14-20(22(15-25)12-5-13-24)21-23(19)17-6-3-2-4-7-17/h8-11,14-15,17,24H,2-7,12-13H2,1H3.